The number of nitrogens with one attached hydrogen (secondary N) is 3. The fourth-order valence-corrected chi connectivity index (χ4v) is 4.29. The number of halogens is 1. The minimum atomic E-state index is -3.74. The Hall–Kier alpha value is -3.20. The maximum absolute atomic E-state index is 12.7. The highest BCUT2D eigenvalue weighted by Gasteiger charge is 2.14. The molecule has 3 rings (SSSR count). The Labute approximate surface area is 203 Å². The van der Waals surface area contributed by atoms with Crippen LogP contribution in [0, 0.1) is 13.8 Å². The van der Waals surface area contributed by atoms with Crippen LogP contribution in [0.2, 0.25) is 5.02 Å². The number of anilines is 2. The van der Waals surface area contributed by atoms with Crippen molar-refractivity contribution in [1.29, 1.82) is 0 Å². The zero-order valence-electron chi connectivity index (χ0n) is 17.9. The number of benzene rings is 3. The van der Waals surface area contributed by atoms with Crippen LogP contribution in [0.25, 0.3) is 6.08 Å². The molecular formula is C24H22ClN3O3S2. The number of hydrogen-bond acceptors (Lipinski definition) is 4. The van der Waals surface area contributed by atoms with Crippen LogP contribution in [0.15, 0.2) is 77.7 Å². The minimum absolute atomic E-state index is 0.0765. The number of aryl methyl sites for hydroxylation is 2. The molecular weight excluding hydrogens is 478 g/mol. The number of rotatable bonds is 6. The van der Waals surface area contributed by atoms with Crippen LogP contribution < -0.4 is 15.4 Å². The molecule has 33 heavy (non-hydrogen) atoms. The Kier molecular flexibility index (Phi) is 7.86. The summed E-state index contributed by atoms with van der Waals surface area (Å²) >= 11 is 11.2. The van der Waals surface area contributed by atoms with Gasteiger partial charge in [0.1, 0.15) is 0 Å². The van der Waals surface area contributed by atoms with Crippen molar-refractivity contribution < 1.29 is 13.2 Å². The molecule has 1 amide bonds. The zero-order chi connectivity index (χ0) is 24.0. The fourth-order valence-electron chi connectivity index (χ4n) is 2.83. The molecule has 9 heteroatoms. The number of thiocarbonyl (C=S) groups is 1. The predicted octanol–water partition coefficient (Wildman–Crippen LogP) is 5.28. The van der Waals surface area contributed by atoms with Gasteiger partial charge < -0.3 is 5.32 Å². The predicted molar refractivity (Wildman–Crippen MR) is 138 cm³/mol. The molecule has 3 N–H and O–H groups in total. The van der Waals surface area contributed by atoms with Gasteiger partial charge in [0.25, 0.3) is 10.0 Å². The first-order valence-electron chi connectivity index (χ1n) is 9.89. The molecule has 0 aliphatic heterocycles. The second kappa shape index (κ2) is 10.6. The van der Waals surface area contributed by atoms with Crippen LogP contribution in [0.4, 0.5) is 11.4 Å². The molecule has 3 aromatic carbocycles. The first kappa shape index (κ1) is 24.4. The largest absolute Gasteiger partial charge is 0.332 e. The molecule has 0 aliphatic carbocycles. The van der Waals surface area contributed by atoms with E-state index < -0.39 is 15.9 Å². The highest BCUT2D eigenvalue weighted by molar-refractivity contribution is 7.92. The van der Waals surface area contributed by atoms with E-state index in [0.717, 1.165) is 11.1 Å². The molecule has 170 valence electrons. The molecule has 0 atom stereocenters. The summed E-state index contributed by atoms with van der Waals surface area (Å²) in [7, 11) is -3.74. The molecule has 0 fully saturated rings. The first-order chi connectivity index (χ1) is 15.6. The van der Waals surface area contributed by atoms with Crippen molar-refractivity contribution >= 4 is 62.3 Å². The van der Waals surface area contributed by atoms with Gasteiger partial charge in [-0.05, 0) is 91.3 Å². The third-order valence-electron chi connectivity index (χ3n) is 4.74. The molecule has 0 aliphatic rings. The van der Waals surface area contributed by atoms with Gasteiger partial charge in [-0.2, -0.15) is 0 Å². The van der Waals surface area contributed by atoms with Gasteiger partial charge in [-0.3, -0.25) is 14.8 Å². The van der Waals surface area contributed by atoms with Gasteiger partial charge in [-0.15, -0.1) is 0 Å². The lowest BCUT2D eigenvalue weighted by molar-refractivity contribution is -0.115. The second-order valence-corrected chi connectivity index (χ2v) is 9.72. The molecule has 0 heterocycles. The summed E-state index contributed by atoms with van der Waals surface area (Å²) in [6.07, 6.45) is 2.91. The van der Waals surface area contributed by atoms with Gasteiger partial charge in [0.2, 0.25) is 5.91 Å². The summed E-state index contributed by atoms with van der Waals surface area (Å²) < 4.78 is 27.9. The molecule has 0 aromatic heterocycles. The average Bonchev–Trinajstić information content (AvgIpc) is 2.76. The van der Waals surface area contributed by atoms with Crippen molar-refractivity contribution in [3.05, 3.63) is 94.5 Å². The summed E-state index contributed by atoms with van der Waals surface area (Å²) in [4.78, 5) is 12.2. The van der Waals surface area contributed by atoms with Gasteiger partial charge in [-0.1, -0.05) is 35.9 Å². The van der Waals surface area contributed by atoms with E-state index in [1.54, 1.807) is 48.5 Å². The molecule has 0 bridgehead atoms. The summed E-state index contributed by atoms with van der Waals surface area (Å²) in [6, 6.07) is 18.5. The minimum Gasteiger partial charge on any atom is -0.332 e. The summed E-state index contributed by atoms with van der Waals surface area (Å²) in [6.45, 7) is 3.88. The summed E-state index contributed by atoms with van der Waals surface area (Å²) in [5.74, 6) is -0.427. The van der Waals surface area contributed by atoms with Crippen molar-refractivity contribution in [1.82, 2.24) is 5.32 Å². The molecule has 0 saturated carbocycles. The number of carbonyl (C=O) groups excluding carboxylic acids is 1. The maximum Gasteiger partial charge on any atom is 0.261 e. The maximum atomic E-state index is 12.7. The van der Waals surface area contributed by atoms with Crippen molar-refractivity contribution in [2.24, 2.45) is 0 Å². The van der Waals surface area contributed by atoms with Gasteiger partial charge in [0.05, 0.1) is 4.90 Å². The van der Waals surface area contributed by atoms with Crippen LogP contribution in [0.5, 0.6) is 0 Å². The molecule has 6 nitrogen and oxygen atoms in total. The number of amides is 1. The molecule has 3 aromatic rings. The lowest BCUT2D eigenvalue weighted by Gasteiger charge is -2.11. The third-order valence-corrected chi connectivity index (χ3v) is 6.68. The van der Waals surface area contributed by atoms with Gasteiger partial charge in [0, 0.05) is 22.5 Å². The van der Waals surface area contributed by atoms with Crippen LogP contribution >= 0.6 is 23.8 Å². The molecule has 0 unspecified atom stereocenters. The Bertz CT molecular complexity index is 1320. The number of sulfonamides is 1. The summed E-state index contributed by atoms with van der Waals surface area (Å²) in [5, 5.41) is 5.98. The Morgan fingerprint density at radius 2 is 1.61 bits per heavy atom. The highest BCUT2D eigenvalue weighted by atomic mass is 35.5. The van der Waals surface area contributed by atoms with E-state index in [0.29, 0.717) is 22.0 Å². The zero-order valence-corrected chi connectivity index (χ0v) is 20.3. The fraction of sp³-hybridized carbons (Fsp3) is 0.0833. The second-order valence-electron chi connectivity index (χ2n) is 7.23. The van der Waals surface area contributed by atoms with Crippen molar-refractivity contribution in [3.8, 4) is 0 Å². The van der Waals surface area contributed by atoms with Crippen molar-refractivity contribution in [2.45, 2.75) is 18.7 Å². The van der Waals surface area contributed by atoms with E-state index >= 15 is 0 Å². The molecule has 0 radical (unpaired) electrons. The molecule has 0 saturated heterocycles. The van der Waals surface area contributed by atoms with Crippen LogP contribution in [0.3, 0.4) is 0 Å². The van der Waals surface area contributed by atoms with Crippen LogP contribution in [-0.4, -0.2) is 19.4 Å². The summed E-state index contributed by atoms with van der Waals surface area (Å²) in [5.41, 5.74) is 3.80. The van der Waals surface area contributed by atoms with Crippen LogP contribution in [0.1, 0.15) is 16.7 Å². The van der Waals surface area contributed by atoms with Gasteiger partial charge >= 0.3 is 0 Å². The van der Waals surface area contributed by atoms with Crippen molar-refractivity contribution in [3.63, 3.8) is 0 Å². The first-order valence-corrected chi connectivity index (χ1v) is 12.2. The monoisotopic (exact) mass is 499 g/mol. The Morgan fingerprint density at radius 1 is 0.939 bits per heavy atom. The van der Waals surface area contributed by atoms with E-state index in [2.05, 4.69) is 15.4 Å². The van der Waals surface area contributed by atoms with Gasteiger partial charge in [-0.25, -0.2) is 8.42 Å². The Balaban J connectivity index is 1.59. The smallest absolute Gasteiger partial charge is 0.261 e. The van der Waals surface area contributed by atoms with Gasteiger partial charge in [0.15, 0.2) is 5.11 Å². The lowest BCUT2D eigenvalue weighted by Crippen LogP contribution is -2.32. The van der Waals surface area contributed by atoms with E-state index in [1.165, 1.54) is 18.2 Å². The van der Waals surface area contributed by atoms with E-state index in [1.807, 2.05) is 26.0 Å². The van der Waals surface area contributed by atoms with E-state index in [-0.39, 0.29) is 10.0 Å². The normalized spacial score (nSPS) is 11.2. The van der Waals surface area contributed by atoms with E-state index in [9.17, 15) is 13.2 Å². The quantitative estimate of drug-likeness (QED) is 0.317. The standard InChI is InChI=1S/C24H22ClN3O3S2/c1-16-7-9-20(15-17(16)2)28-33(30,31)21-12-10-19(11-13-21)26-24(32)27-23(29)14-8-18-5-3-4-6-22(18)25/h3-15,28H,1-2H3,(H2,26,27,29,32). The highest BCUT2D eigenvalue weighted by Crippen LogP contribution is 2.20. The topological polar surface area (TPSA) is 87.3 Å². The SMILES string of the molecule is Cc1ccc(NS(=O)(=O)c2ccc(NC(=S)NC(=O)C=Cc3ccccc3Cl)cc2)cc1C. The lowest BCUT2D eigenvalue weighted by atomic mass is 10.1. The third kappa shape index (κ3) is 6.89. The van der Waals surface area contributed by atoms with E-state index in [4.69, 9.17) is 23.8 Å². The average molecular weight is 500 g/mol. The Morgan fingerprint density at radius 3 is 2.27 bits per heavy atom. The number of hydrogen-bond donors (Lipinski definition) is 3. The van der Waals surface area contributed by atoms with Crippen LogP contribution in [-0.2, 0) is 14.8 Å². The molecule has 0 spiro atoms. The van der Waals surface area contributed by atoms with Crippen molar-refractivity contribution in [2.75, 3.05) is 10.0 Å². The number of carbonyl (C=O) groups is 1.